The minimum atomic E-state index is 0.0777. The second-order valence-corrected chi connectivity index (χ2v) is 6.05. The number of carbonyl (C=O) groups is 1. The summed E-state index contributed by atoms with van der Waals surface area (Å²) in [6.45, 7) is 0.786. The largest absolute Gasteiger partial charge is 0.330 e. The van der Waals surface area contributed by atoms with E-state index >= 15 is 0 Å². The first-order valence-corrected chi connectivity index (χ1v) is 8.28. The summed E-state index contributed by atoms with van der Waals surface area (Å²) in [7, 11) is 0. The van der Waals surface area contributed by atoms with Gasteiger partial charge in [-0.25, -0.2) is 0 Å². The van der Waals surface area contributed by atoms with E-state index in [2.05, 4.69) is 4.98 Å². The van der Waals surface area contributed by atoms with Gasteiger partial charge in [0.05, 0.1) is 11.7 Å². The van der Waals surface area contributed by atoms with Gasteiger partial charge in [0.15, 0.2) is 0 Å². The average Bonchev–Trinajstić information content (AvgIpc) is 3.34. The molecule has 0 aliphatic carbocycles. The number of carbonyl (C=O) groups excluding carboxylic acids is 1. The topological polar surface area (TPSA) is 38.1 Å². The molecule has 4 nitrogen and oxygen atoms in total. The summed E-state index contributed by atoms with van der Waals surface area (Å²) in [5, 5.41) is 0. The summed E-state index contributed by atoms with van der Waals surface area (Å²) in [6.07, 6.45) is 7.75. The second-order valence-electron chi connectivity index (χ2n) is 6.05. The van der Waals surface area contributed by atoms with Crippen LogP contribution in [0.25, 0.3) is 5.69 Å². The molecule has 120 valence electrons. The van der Waals surface area contributed by atoms with Crippen LogP contribution in [0.4, 0.5) is 0 Å². The van der Waals surface area contributed by atoms with E-state index in [-0.39, 0.29) is 11.9 Å². The highest BCUT2D eigenvalue weighted by Crippen LogP contribution is 2.32. The maximum atomic E-state index is 13.0. The minimum absolute atomic E-state index is 0.0777. The molecule has 1 unspecified atom stereocenters. The van der Waals surface area contributed by atoms with Crippen molar-refractivity contribution in [2.45, 2.75) is 18.9 Å². The first-order valence-electron chi connectivity index (χ1n) is 8.28. The molecule has 4 rings (SSSR count). The summed E-state index contributed by atoms with van der Waals surface area (Å²) in [5.41, 5.74) is 2.70. The molecule has 0 saturated carbocycles. The van der Waals surface area contributed by atoms with Gasteiger partial charge in [-0.2, -0.15) is 0 Å². The van der Waals surface area contributed by atoms with Crippen LogP contribution >= 0.6 is 0 Å². The number of benzene rings is 1. The van der Waals surface area contributed by atoms with Gasteiger partial charge in [-0.1, -0.05) is 12.1 Å². The Bertz CT molecular complexity index is 827. The van der Waals surface area contributed by atoms with E-state index in [0.717, 1.165) is 36.3 Å². The van der Waals surface area contributed by atoms with Crippen LogP contribution < -0.4 is 0 Å². The molecule has 1 fully saturated rings. The summed E-state index contributed by atoms with van der Waals surface area (Å²) < 4.78 is 2.01. The van der Waals surface area contributed by atoms with Gasteiger partial charge in [0.1, 0.15) is 0 Å². The van der Waals surface area contributed by atoms with E-state index in [1.54, 1.807) is 6.20 Å². The van der Waals surface area contributed by atoms with Crippen molar-refractivity contribution in [3.63, 3.8) is 0 Å². The zero-order chi connectivity index (χ0) is 16.4. The highest BCUT2D eigenvalue weighted by Gasteiger charge is 2.31. The predicted molar refractivity (Wildman–Crippen MR) is 93.0 cm³/mol. The fourth-order valence-corrected chi connectivity index (χ4v) is 3.36. The number of hydrogen-bond acceptors (Lipinski definition) is 2. The van der Waals surface area contributed by atoms with Crippen molar-refractivity contribution >= 4 is 5.91 Å². The van der Waals surface area contributed by atoms with Crippen LogP contribution in [-0.2, 0) is 0 Å². The number of aromatic nitrogens is 2. The molecule has 0 radical (unpaired) electrons. The zero-order valence-electron chi connectivity index (χ0n) is 13.4. The standard InChI is InChI=1S/C20H19N3O/c24-20(16-7-5-8-17(15-16)22-12-3-4-13-22)23-14-6-10-19(23)18-9-1-2-11-21-18/h1-5,7-9,11-13,15,19H,6,10,14H2. The average molecular weight is 317 g/mol. The van der Waals surface area contributed by atoms with Gasteiger partial charge in [0, 0.05) is 36.4 Å². The van der Waals surface area contributed by atoms with Crippen molar-refractivity contribution < 1.29 is 4.79 Å². The molecule has 1 aliphatic heterocycles. The van der Waals surface area contributed by atoms with Gasteiger partial charge in [-0.15, -0.1) is 0 Å². The lowest BCUT2D eigenvalue weighted by atomic mass is 10.1. The van der Waals surface area contributed by atoms with Gasteiger partial charge in [0.25, 0.3) is 5.91 Å². The lowest BCUT2D eigenvalue weighted by molar-refractivity contribution is 0.0733. The fourth-order valence-electron chi connectivity index (χ4n) is 3.36. The monoisotopic (exact) mass is 317 g/mol. The normalized spacial score (nSPS) is 17.2. The Hall–Kier alpha value is -2.88. The molecule has 1 amide bonds. The van der Waals surface area contributed by atoms with Crippen LogP contribution in [0.5, 0.6) is 0 Å². The van der Waals surface area contributed by atoms with Crippen LogP contribution in [0.2, 0.25) is 0 Å². The maximum absolute atomic E-state index is 13.0. The summed E-state index contributed by atoms with van der Waals surface area (Å²) >= 11 is 0. The summed E-state index contributed by atoms with van der Waals surface area (Å²) in [4.78, 5) is 19.4. The predicted octanol–water partition coefficient (Wildman–Crippen LogP) is 3.85. The van der Waals surface area contributed by atoms with E-state index in [0.29, 0.717) is 0 Å². The first-order chi connectivity index (χ1) is 11.8. The van der Waals surface area contributed by atoms with E-state index in [4.69, 9.17) is 0 Å². The van der Waals surface area contributed by atoms with Gasteiger partial charge in [-0.3, -0.25) is 9.78 Å². The lowest BCUT2D eigenvalue weighted by Crippen LogP contribution is -2.31. The van der Waals surface area contributed by atoms with Crippen molar-refractivity contribution in [1.82, 2.24) is 14.5 Å². The smallest absolute Gasteiger partial charge is 0.254 e. The van der Waals surface area contributed by atoms with E-state index in [9.17, 15) is 4.79 Å². The lowest BCUT2D eigenvalue weighted by Gasteiger charge is -2.24. The van der Waals surface area contributed by atoms with Crippen molar-refractivity contribution in [1.29, 1.82) is 0 Å². The third kappa shape index (κ3) is 2.71. The van der Waals surface area contributed by atoms with Gasteiger partial charge in [0.2, 0.25) is 0 Å². The third-order valence-electron chi connectivity index (χ3n) is 4.54. The summed E-state index contributed by atoms with van der Waals surface area (Å²) in [5.74, 6) is 0.0807. The Kier molecular flexibility index (Phi) is 3.87. The Balaban J connectivity index is 1.62. The van der Waals surface area contributed by atoms with Crippen molar-refractivity contribution in [2.75, 3.05) is 6.54 Å². The van der Waals surface area contributed by atoms with Crippen LogP contribution in [-0.4, -0.2) is 26.9 Å². The first kappa shape index (κ1) is 14.7. The number of pyridine rings is 1. The molecule has 3 aromatic rings. The molecule has 1 atom stereocenters. The zero-order valence-corrected chi connectivity index (χ0v) is 13.4. The van der Waals surface area contributed by atoms with E-state index in [1.165, 1.54) is 0 Å². The number of rotatable bonds is 3. The SMILES string of the molecule is O=C(c1cccc(-n2cccc2)c1)N1CCCC1c1ccccn1. The van der Waals surface area contributed by atoms with E-state index < -0.39 is 0 Å². The van der Waals surface area contributed by atoms with Crippen LogP contribution in [0.3, 0.4) is 0 Å². The quantitative estimate of drug-likeness (QED) is 0.736. The molecule has 0 spiro atoms. The minimum Gasteiger partial charge on any atom is -0.330 e. The van der Waals surface area contributed by atoms with Gasteiger partial charge in [-0.05, 0) is 55.3 Å². The molecule has 3 heterocycles. The molecule has 1 aromatic carbocycles. The summed E-state index contributed by atoms with van der Waals surface area (Å²) in [6, 6.07) is 17.7. The van der Waals surface area contributed by atoms with Crippen LogP contribution in [0, 0.1) is 0 Å². The van der Waals surface area contributed by atoms with Crippen molar-refractivity contribution in [3.05, 3.63) is 84.4 Å². The number of nitrogens with zero attached hydrogens (tertiary/aromatic N) is 3. The van der Waals surface area contributed by atoms with Gasteiger partial charge < -0.3 is 9.47 Å². The number of likely N-dealkylation sites (tertiary alicyclic amines) is 1. The van der Waals surface area contributed by atoms with E-state index in [1.807, 2.05) is 76.5 Å². The van der Waals surface area contributed by atoms with Crippen molar-refractivity contribution in [3.8, 4) is 5.69 Å². The fraction of sp³-hybridized carbons (Fsp3) is 0.200. The Labute approximate surface area is 141 Å². The Morgan fingerprint density at radius 3 is 2.71 bits per heavy atom. The van der Waals surface area contributed by atoms with Crippen molar-refractivity contribution in [2.24, 2.45) is 0 Å². The molecule has 0 N–H and O–H groups in total. The third-order valence-corrected chi connectivity index (χ3v) is 4.54. The molecule has 24 heavy (non-hydrogen) atoms. The van der Waals surface area contributed by atoms with Gasteiger partial charge >= 0.3 is 0 Å². The Morgan fingerprint density at radius 1 is 1.04 bits per heavy atom. The molecule has 1 aliphatic rings. The van der Waals surface area contributed by atoms with Crippen LogP contribution in [0.1, 0.15) is 34.9 Å². The highest BCUT2D eigenvalue weighted by atomic mass is 16.2. The second kappa shape index (κ2) is 6.32. The molecular formula is C20H19N3O. The highest BCUT2D eigenvalue weighted by molar-refractivity contribution is 5.95. The molecule has 2 aromatic heterocycles. The Morgan fingerprint density at radius 2 is 1.92 bits per heavy atom. The molecular weight excluding hydrogens is 298 g/mol. The molecule has 4 heteroatoms. The number of hydrogen-bond donors (Lipinski definition) is 0. The number of amides is 1. The maximum Gasteiger partial charge on any atom is 0.254 e. The molecule has 0 bridgehead atoms. The van der Waals surface area contributed by atoms with Crippen LogP contribution in [0.15, 0.2) is 73.2 Å². The molecule has 1 saturated heterocycles.